The number of anilines is 1. The molecule has 0 aliphatic rings. The number of carbonyl (C=O) groups excluding carboxylic acids is 1. The number of aryl methyl sites for hydroxylation is 1. The minimum atomic E-state index is -0.438. The average molecular weight is 288 g/mol. The highest BCUT2D eigenvalue weighted by Gasteiger charge is 2.06. The van der Waals surface area contributed by atoms with Gasteiger partial charge in [0.05, 0.1) is 0 Å². The molecule has 110 valence electrons. The maximum Gasteiger partial charge on any atom is 0.262 e. The quantitative estimate of drug-likeness (QED) is 0.889. The first-order valence-corrected chi connectivity index (χ1v) is 6.55. The standard InChI is InChI=1S/C16H17FN2O2/c1-11-3-2-4-14(5-11)19-16(20)10-21-15-7-12(9-18)6-13(17)8-15/h2-8H,9-10,18H2,1H3,(H,19,20). The number of hydrogen-bond acceptors (Lipinski definition) is 3. The number of rotatable bonds is 5. The molecule has 2 rings (SSSR count). The van der Waals surface area contributed by atoms with Gasteiger partial charge in [-0.05, 0) is 42.3 Å². The van der Waals surface area contributed by atoms with Crippen LogP contribution >= 0.6 is 0 Å². The molecule has 0 bridgehead atoms. The minimum absolute atomic E-state index is 0.193. The highest BCUT2D eigenvalue weighted by molar-refractivity contribution is 5.91. The first-order chi connectivity index (χ1) is 10.1. The molecule has 0 heterocycles. The van der Waals surface area contributed by atoms with Crippen LogP contribution in [0.1, 0.15) is 11.1 Å². The van der Waals surface area contributed by atoms with Crippen molar-refractivity contribution in [2.75, 3.05) is 11.9 Å². The Bertz CT molecular complexity index is 644. The van der Waals surface area contributed by atoms with E-state index in [-0.39, 0.29) is 24.8 Å². The van der Waals surface area contributed by atoms with Crippen molar-refractivity contribution in [2.45, 2.75) is 13.5 Å². The number of hydrogen-bond donors (Lipinski definition) is 2. The largest absolute Gasteiger partial charge is 0.484 e. The van der Waals surface area contributed by atoms with Crippen molar-refractivity contribution in [1.82, 2.24) is 0 Å². The second-order valence-corrected chi connectivity index (χ2v) is 4.71. The van der Waals surface area contributed by atoms with Crippen LogP contribution in [0.3, 0.4) is 0 Å². The first kappa shape index (κ1) is 15.0. The van der Waals surface area contributed by atoms with Crippen LogP contribution in [0, 0.1) is 12.7 Å². The molecule has 0 atom stereocenters. The highest BCUT2D eigenvalue weighted by atomic mass is 19.1. The van der Waals surface area contributed by atoms with E-state index in [0.717, 1.165) is 5.56 Å². The van der Waals surface area contributed by atoms with E-state index in [9.17, 15) is 9.18 Å². The number of nitrogens with one attached hydrogen (secondary N) is 1. The Kier molecular flexibility index (Phi) is 4.90. The van der Waals surface area contributed by atoms with Crippen LogP contribution in [0.4, 0.5) is 10.1 Å². The predicted molar refractivity (Wildman–Crippen MR) is 79.6 cm³/mol. The van der Waals surface area contributed by atoms with E-state index >= 15 is 0 Å². The van der Waals surface area contributed by atoms with Crippen molar-refractivity contribution < 1.29 is 13.9 Å². The summed E-state index contributed by atoms with van der Waals surface area (Å²) in [5.74, 6) is -0.457. The Morgan fingerprint density at radius 3 is 2.81 bits per heavy atom. The van der Waals surface area contributed by atoms with Gasteiger partial charge in [0.1, 0.15) is 11.6 Å². The Morgan fingerprint density at radius 2 is 2.10 bits per heavy atom. The van der Waals surface area contributed by atoms with Gasteiger partial charge in [0.15, 0.2) is 6.61 Å². The SMILES string of the molecule is Cc1cccc(NC(=O)COc2cc(F)cc(CN)c2)c1. The highest BCUT2D eigenvalue weighted by Crippen LogP contribution is 2.16. The van der Waals surface area contributed by atoms with Crippen molar-refractivity contribution in [1.29, 1.82) is 0 Å². The molecule has 0 spiro atoms. The van der Waals surface area contributed by atoms with E-state index in [1.54, 1.807) is 12.1 Å². The average Bonchev–Trinajstić information content (AvgIpc) is 2.44. The summed E-state index contributed by atoms with van der Waals surface area (Å²) in [7, 11) is 0. The van der Waals surface area contributed by atoms with E-state index in [1.165, 1.54) is 12.1 Å². The summed E-state index contributed by atoms with van der Waals surface area (Å²) in [6, 6.07) is 11.6. The molecule has 0 aliphatic heterocycles. The molecule has 0 aliphatic carbocycles. The molecule has 0 saturated heterocycles. The van der Waals surface area contributed by atoms with Crippen LogP contribution in [0.2, 0.25) is 0 Å². The molecule has 2 aromatic carbocycles. The zero-order valence-electron chi connectivity index (χ0n) is 11.7. The maximum atomic E-state index is 13.3. The molecule has 5 heteroatoms. The van der Waals surface area contributed by atoms with Crippen molar-refractivity contribution in [2.24, 2.45) is 5.73 Å². The fraction of sp³-hybridized carbons (Fsp3) is 0.188. The lowest BCUT2D eigenvalue weighted by Crippen LogP contribution is -2.20. The predicted octanol–water partition coefficient (Wildman–Crippen LogP) is 2.61. The molecule has 1 amide bonds. The van der Waals surface area contributed by atoms with E-state index in [4.69, 9.17) is 10.5 Å². The normalized spacial score (nSPS) is 10.2. The van der Waals surface area contributed by atoms with Crippen LogP contribution in [0.15, 0.2) is 42.5 Å². The van der Waals surface area contributed by atoms with Gasteiger partial charge in [0.2, 0.25) is 0 Å². The van der Waals surface area contributed by atoms with Gasteiger partial charge in [-0.2, -0.15) is 0 Å². The second-order valence-electron chi connectivity index (χ2n) is 4.71. The van der Waals surface area contributed by atoms with Gasteiger partial charge in [-0.25, -0.2) is 4.39 Å². The fourth-order valence-corrected chi connectivity index (χ4v) is 1.89. The number of amides is 1. The Balaban J connectivity index is 1.93. The van der Waals surface area contributed by atoms with Crippen LogP contribution < -0.4 is 15.8 Å². The molecule has 0 unspecified atom stereocenters. The zero-order valence-corrected chi connectivity index (χ0v) is 11.7. The van der Waals surface area contributed by atoms with E-state index < -0.39 is 5.82 Å². The molecule has 0 aromatic heterocycles. The third-order valence-corrected chi connectivity index (χ3v) is 2.84. The van der Waals surface area contributed by atoms with Gasteiger partial charge < -0.3 is 15.8 Å². The van der Waals surface area contributed by atoms with Gasteiger partial charge in [-0.1, -0.05) is 12.1 Å². The summed E-state index contributed by atoms with van der Waals surface area (Å²) in [6.07, 6.45) is 0. The van der Waals surface area contributed by atoms with Crippen molar-refractivity contribution in [3.8, 4) is 5.75 Å². The molecule has 2 aromatic rings. The lowest BCUT2D eigenvalue weighted by molar-refractivity contribution is -0.118. The number of halogens is 1. The summed E-state index contributed by atoms with van der Waals surface area (Å²) in [5.41, 5.74) is 7.82. The number of ether oxygens (including phenoxy) is 1. The first-order valence-electron chi connectivity index (χ1n) is 6.55. The van der Waals surface area contributed by atoms with E-state index in [1.807, 2.05) is 25.1 Å². The number of carbonyl (C=O) groups is 1. The van der Waals surface area contributed by atoms with Crippen LogP contribution in [-0.4, -0.2) is 12.5 Å². The number of benzene rings is 2. The molecule has 3 N–H and O–H groups in total. The lowest BCUT2D eigenvalue weighted by Gasteiger charge is -2.09. The van der Waals surface area contributed by atoms with Crippen molar-refractivity contribution in [3.63, 3.8) is 0 Å². The summed E-state index contributed by atoms with van der Waals surface area (Å²) in [5, 5.41) is 2.71. The van der Waals surface area contributed by atoms with Crippen molar-refractivity contribution in [3.05, 3.63) is 59.4 Å². The summed E-state index contributed by atoms with van der Waals surface area (Å²) in [6.45, 7) is 1.96. The zero-order chi connectivity index (χ0) is 15.2. The van der Waals surface area contributed by atoms with Crippen LogP contribution in [0.5, 0.6) is 5.75 Å². The van der Waals surface area contributed by atoms with Crippen LogP contribution in [-0.2, 0) is 11.3 Å². The molecular formula is C16H17FN2O2. The molecular weight excluding hydrogens is 271 g/mol. The smallest absolute Gasteiger partial charge is 0.262 e. The minimum Gasteiger partial charge on any atom is -0.484 e. The van der Waals surface area contributed by atoms with Gasteiger partial charge in [-0.15, -0.1) is 0 Å². The molecule has 0 fully saturated rings. The maximum absolute atomic E-state index is 13.3. The van der Waals surface area contributed by atoms with Gasteiger partial charge in [0.25, 0.3) is 5.91 Å². The summed E-state index contributed by atoms with van der Waals surface area (Å²) < 4.78 is 18.6. The molecule has 21 heavy (non-hydrogen) atoms. The Hall–Kier alpha value is -2.40. The van der Waals surface area contributed by atoms with Gasteiger partial charge >= 0.3 is 0 Å². The topological polar surface area (TPSA) is 64.3 Å². The van der Waals surface area contributed by atoms with Crippen molar-refractivity contribution >= 4 is 11.6 Å². The second kappa shape index (κ2) is 6.85. The van der Waals surface area contributed by atoms with Gasteiger partial charge in [-0.3, -0.25) is 4.79 Å². The Morgan fingerprint density at radius 1 is 1.29 bits per heavy atom. The monoisotopic (exact) mass is 288 g/mol. The third-order valence-electron chi connectivity index (χ3n) is 2.84. The molecule has 0 saturated carbocycles. The van der Waals surface area contributed by atoms with Crippen LogP contribution in [0.25, 0.3) is 0 Å². The van der Waals surface area contributed by atoms with E-state index in [0.29, 0.717) is 11.3 Å². The summed E-state index contributed by atoms with van der Waals surface area (Å²) >= 11 is 0. The summed E-state index contributed by atoms with van der Waals surface area (Å²) in [4.78, 5) is 11.8. The number of nitrogens with two attached hydrogens (primary N) is 1. The molecule has 4 nitrogen and oxygen atoms in total. The Labute approximate surface area is 122 Å². The fourth-order valence-electron chi connectivity index (χ4n) is 1.89. The lowest BCUT2D eigenvalue weighted by atomic mass is 10.2. The van der Waals surface area contributed by atoms with Gasteiger partial charge in [0, 0.05) is 18.3 Å². The molecule has 0 radical (unpaired) electrons. The van der Waals surface area contributed by atoms with E-state index in [2.05, 4.69) is 5.32 Å². The third kappa shape index (κ3) is 4.57.